The number of hydrogen-bond donors (Lipinski definition) is 1. The first kappa shape index (κ1) is 12.4. The van der Waals surface area contributed by atoms with Gasteiger partial charge in [-0.25, -0.2) is 0 Å². The average molecular weight is 254 g/mol. The Labute approximate surface area is 105 Å². The Hall–Kier alpha value is -1.01. The third kappa shape index (κ3) is 3.23. The van der Waals surface area contributed by atoms with Crippen LogP contribution < -0.4 is 5.32 Å². The van der Waals surface area contributed by atoms with Crippen LogP contribution in [0.4, 0.5) is 0 Å². The normalized spacial score (nSPS) is 20.2. The lowest BCUT2D eigenvalue weighted by atomic mass is 10.0. The third-order valence-electron chi connectivity index (χ3n) is 3.09. The fourth-order valence-corrected chi connectivity index (χ4v) is 2.60. The highest BCUT2D eigenvalue weighted by atomic mass is 32.1. The van der Waals surface area contributed by atoms with Crippen LogP contribution in [0.2, 0.25) is 0 Å². The standard InChI is InChI=1S/C11H18N4OS/c1-2-15(8-9-5-3-4-6-12-9)11(16)10-7-13-14-17-10/h7,9,12H,2-6,8H2,1H3. The van der Waals surface area contributed by atoms with E-state index in [9.17, 15) is 4.79 Å². The van der Waals surface area contributed by atoms with E-state index in [2.05, 4.69) is 14.9 Å². The van der Waals surface area contributed by atoms with Crippen LogP contribution in [0, 0.1) is 0 Å². The predicted molar refractivity (Wildman–Crippen MR) is 67.1 cm³/mol. The van der Waals surface area contributed by atoms with Crippen molar-refractivity contribution < 1.29 is 4.79 Å². The summed E-state index contributed by atoms with van der Waals surface area (Å²) >= 11 is 1.16. The highest BCUT2D eigenvalue weighted by Crippen LogP contribution is 2.12. The lowest BCUT2D eigenvalue weighted by Gasteiger charge is -2.29. The quantitative estimate of drug-likeness (QED) is 0.875. The molecule has 1 amide bonds. The molecule has 0 aromatic carbocycles. The van der Waals surface area contributed by atoms with Gasteiger partial charge < -0.3 is 10.2 Å². The van der Waals surface area contributed by atoms with E-state index >= 15 is 0 Å². The molecule has 0 radical (unpaired) electrons. The van der Waals surface area contributed by atoms with E-state index in [1.807, 2.05) is 11.8 Å². The Kier molecular flexibility index (Phi) is 4.44. The van der Waals surface area contributed by atoms with Crippen LogP contribution in [0.5, 0.6) is 0 Å². The van der Waals surface area contributed by atoms with Crippen LogP contribution in [0.25, 0.3) is 0 Å². The molecule has 0 bridgehead atoms. The number of carbonyl (C=O) groups excluding carboxylic acids is 1. The van der Waals surface area contributed by atoms with Crippen LogP contribution in [0.1, 0.15) is 35.9 Å². The van der Waals surface area contributed by atoms with Gasteiger partial charge in [-0.2, -0.15) is 0 Å². The van der Waals surface area contributed by atoms with Crippen molar-refractivity contribution in [3.8, 4) is 0 Å². The van der Waals surface area contributed by atoms with Crippen molar-refractivity contribution in [3.05, 3.63) is 11.1 Å². The number of piperidine rings is 1. The molecule has 0 saturated carbocycles. The topological polar surface area (TPSA) is 58.1 Å². The van der Waals surface area contributed by atoms with E-state index in [1.54, 1.807) is 6.20 Å². The van der Waals surface area contributed by atoms with Gasteiger partial charge in [0.15, 0.2) is 0 Å². The number of aromatic nitrogens is 2. The van der Waals surface area contributed by atoms with Crippen LogP contribution in [0.15, 0.2) is 6.20 Å². The maximum absolute atomic E-state index is 12.1. The van der Waals surface area contributed by atoms with E-state index < -0.39 is 0 Å². The summed E-state index contributed by atoms with van der Waals surface area (Å²) < 4.78 is 3.74. The fraction of sp³-hybridized carbons (Fsp3) is 0.727. The number of likely N-dealkylation sites (N-methyl/N-ethyl adjacent to an activating group) is 1. The van der Waals surface area contributed by atoms with Crippen molar-refractivity contribution >= 4 is 17.4 Å². The van der Waals surface area contributed by atoms with Crippen molar-refractivity contribution in [2.45, 2.75) is 32.2 Å². The molecule has 1 atom stereocenters. The smallest absolute Gasteiger partial charge is 0.267 e. The molecule has 0 spiro atoms. The van der Waals surface area contributed by atoms with E-state index in [1.165, 1.54) is 12.8 Å². The number of rotatable bonds is 4. The minimum absolute atomic E-state index is 0.0508. The summed E-state index contributed by atoms with van der Waals surface area (Å²) in [5.74, 6) is 0.0508. The number of hydrogen-bond acceptors (Lipinski definition) is 5. The van der Waals surface area contributed by atoms with E-state index in [0.717, 1.165) is 37.6 Å². The molecule has 1 N–H and O–H groups in total. The van der Waals surface area contributed by atoms with Crippen LogP contribution in [0.3, 0.4) is 0 Å². The fourth-order valence-electron chi connectivity index (χ4n) is 2.12. The number of nitrogens with zero attached hydrogens (tertiary/aromatic N) is 3. The van der Waals surface area contributed by atoms with E-state index in [-0.39, 0.29) is 5.91 Å². The minimum atomic E-state index is 0.0508. The second kappa shape index (κ2) is 6.07. The van der Waals surface area contributed by atoms with E-state index in [0.29, 0.717) is 10.9 Å². The molecule has 1 saturated heterocycles. The van der Waals surface area contributed by atoms with Gasteiger partial charge in [-0.15, -0.1) is 5.10 Å². The molecule has 2 heterocycles. The molecule has 1 aliphatic rings. The van der Waals surface area contributed by atoms with Crippen molar-refractivity contribution in [2.24, 2.45) is 0 Å². The molecule has 17 heavy (non-hydrogen) atoms. The lowest BCUT2D eigenvalue weighted by Crippen LogP contribution is -2.45. The first-order chi connectivity index (χ1) is 8.31. The second-order valence-corrected chi connectivity index (χ2v) is 5.06. The molecule has 2 rings (SSSR count). The van der Waals surface area contributed by atoms with Gasteiger partial charge in [-0.1, -0.05) is 10.9 Å². The summed E-state index contributed by atoms with van der Waals surface area (Å²) in [5, 5.41) is 7.17. The SMILES string of the molecule is CCN(CC1CCCCN1)C(=O)c1cnns1. The van der Waals surface area contributed by atoms with Gasteiger partial charge in [-0.3, -0.25) is 4.79 Å². The summed E-state index contributed by atoms with van der Waals surface area (Å²) in [6.45, 7) is 4.59. The van der Waals surface area contributed by atoms with E-state index in [4.69, 9.17) is 0 Å². The Morgan fingerprint density at radius 1 is 1.65 bits per heavy atom. The highest BCUT2D eigenvalue weighted by molar-refractivity contribution is 7.07. The summed E-state index contributed by atoms with van der Waals surface area (Å²) in [4.78, 5) is 14.6. The second-order valence-electron chi connectivity index (χ2n) is 4.27. The molecule has 1 unspecified atom stereocenters. The Bertz CT molecular complexity index is 348. The van der Waals surface area contributed by atoms with Crippen LogP contribution in [-0.4, -0.2) is 46.1 Å². The molecule has 6 heteroatoms. The number of carbonyl (C=O) groups is 1. The summed E-state index contributed by atoms with van der Waals surface area (Å²) in [6, 6.07) is 0.438. The lowest BCUT2D eigenvalue weighted by molar-refractivity contribution is 0.0746. The molecule has 5 nitrogen and oxygen atoms in total. The van der Waals surface area contributed by atoms with Gasteiger partial charge >= 0.3 is 0 Å². The molecule has 1 aromatic rings. The zero-order valence-electron chi connectivity index (χ0n) is 10.1. The van der Waals surface area contributed by atoms with Gasteiger partial charge in [0, 0.05) is 19.1 Å². The van der Waals surface area contributed by atoms with Crippen molar-refractivity contribution in [1.82, 2.24) is 19.8 Å². The van der Waals surface area contributed by atoms with Gasteiger partial charge in [0.05, 0.1) is 6.20 Å². The zero-order valence-corrected chi connectivity index (χ0v) is 10.9. The average Bonchev–Trinajstić information content (AvgIpc) is 2.90. The maximum Gasteiger partial charge on any atom is 0.267 e. The van der Waals surface area contributed by atoms with Crippen molar-refractivity contribution in [3.63, 3.8) is 0 Å². The molecule has 1 aromatic heterocycles. The molecule has 1 fully saturated rings. The molecular formula is C11H18N4OS. The van der Waals surface area contributed by atoms with Crippen LogP contribution >= 0.6 is 11.5 Å². The Balaban J connectivity index is 1.93. The molecule has 0 aliphatic carbocycles. The van der Waals surface area contributed by atoms with Gasteiger partial charge in [-0.05, 0) is 37.8 Å². The summed E-state index contributed by atoms with van der Waals surface area (Å²) in [6.07, 6.45) is 5.20. The maximum atomic E-state index is 12.1. The number of amides is 1. The first-order valence-electron chi connectivity index (χ1n) is 6.11. The summed E-state index contributed by atoms with van der Waals surface area (Å²) in [5.41, 5.74) is 0. The molecule has 94 valence electrons. The zero-order chi connectivity index (χ0) is 12.1. The van der Waals surface area contributed by atoms with Gasteiger partial charge in [0.1, 0.15) is 4.88 Å². The largest absolute Gasteiger partial charge is 0.337 e. The van der Waals surface area contributed by atoms with Gasteiger partial charge in [0.25, 0.3) is 5.91 Å². The Morgan fingerprint density at radius 2 is 2.53 bits per heavy atom. The minimum Gasteiger partial charge on any atom is -0.337 e. The monoisotopic (exact) mass is 254 g/mol. The third-order valence-corrected chi connectivity index (χ3v) is 3.75. The predicted octanol–water partition coefficient (Wildman–Crippen LogP) is 1.14. The van der Waals surface area contributed by atoms with Crippen molar-refractivity contribution in [2.75, 3.05) is 19.6 Å². The summed E-state index contributed by atoms with van der Waals surface area (Å²) in [7, 11) is 0. The van der Waals surface area contributed by atoms with Gasteiger partial charge in [0.2, 0.25) is 0 Å². The Morgan fingerprint density at radius 3 is 3.12 bits per heavy atom. The van der Waals surface area contributed by atoms with Crippen LogP contribution in [-0.2, 0) is 0 Å². The van der Waals surface area contributed by atoms with Crippen molar-refractivity contribution in [1.29, 1.82) is 0 Å². The highest BCUT2D eigenvalue weighted by Gasteiger charge is 2.21. The number of nitrogens with one attached hydrogen (secondary N) is 1. The molecular weight excluding hydrogens is 236 g/mol. The molecule has 1 aliphatic heterocycles. The first-order valence-corrected chi connectivity index (χ1v) is 6.88.